The van der Waals surface area contributed by atoms with Crippen molar-refractivity contribution < 1.29 is 26.3 Å². The molecule has 4 aliphatic carbocycles. The van der Waals surface area contributed by atoms with Crippen LogP contribution in [-0.2, 0) is 12.4 Å². The van der Waals surface area contributed by atoms with Crippen LogP contribution >= 0.6 is 0 Å². The minimum absolute atomic E-state index is 0.0207. The third kappa shape index (κ3) is 8.32. The molecule has 0 N–H and O–H groups in total. The lowest BCUT2D eigenvalue weighted by molar-refractivity contribution is -0.137. The molecule has 2 nitrogen and oxygen atoms in total. The van der Waals surface area contributed by atoms with Gasteiger partial charge in [-0.05, 0) is 116 Å². The minimum Gasteiger partial charge on any atom is -0.329 e. The molecule has 0 bridgehead atoms. The van der Waals surface area contributed by atoms with Gasteiger partial charge >= 0.3 is 12.4 Å². The molecule has 2 unspecified atom stereocenters. The SMILES string of the molecule is FC(F)(F)c1ccccc1N(C1=C2C=CC3=C4C(=CC=C(C=C1)C24)C(N(c1ccc(-c2ccccc2)cc1-c1ccccc1)c1ccccc1C(F)(F)F)C=C3)c1ccc(-c2ccccc2)cc1-c1ccccc1. The average Bonchev–Trinajstić information content (AvgIpc) is 3.46. The van der Waals surface area contributed by atoms with Gasteiger partial charge in [-0.1, -0.05) is 200 Å². The van der Waals surface area contributed by atoms with Gasteiger partial charge < -0.3 is 9.80 Å². The molecule has 8 heteroatoms. The zero-order chi connectivity index (χ0) is 50.6. The minimum atomic E-state index is -4.71. The topological polar surface area (TPSA) is 6.48 Å². The smallest absolute Gasteiger partial charge is 0.329 e. The summed E-state index contributed by atoms with van der Waals surface area (Å²) in [5.74, 6) is -0.486. The van der Waals surface area contributed by atoms with Gasteiger partial charge in [0, 0.05) is 22.7 Å². The van der Waals surface area contributed by atoms with E-state index in [1.54, 1.807) is 21.9 Å². The maximum Gasteiger partial charge on any atom is 0.418 e. The van der Waals surface area contributed by atoms with Gasteiger partial charge in [0.1, 0.15) is 0 Å². The van der Waals surface area contributed by atoms with Crippen LogP contribution in [0.3, 0.4) is 0 Å². The van der Waals surface area contributed by atoms with Crippen molar-refractivity contribution in [2.75, 3.05) is 9.80 Å². The predicted octanol–water partition coefficient (Wildman–Crippen LogP) is 18.5. The lowest BCUT2D eigenvalue weighted by atomic mass is 9.67. The lowest BCUT2D eigenvalue weighted by Gasteiger charge is -2.44. The summed E-state index contributed by atoms with van der Waals surface area (Å²) < 4.78 is 92.7. The van der Waals surface area contributed by atoms with Crippen LogP contribution in [0.4, 0.5) is 49.1 Å². The van der Waals surface area contributed by atoms with E-state index in [0.717, 1.165) is 84.5 Å². The van der Waals surface area contributed by atoms with Gasteiger partial charge in [0.2, 0.25) is 0 Å². The summed E-state index contributed by atoms with van der Waals surface area (Å²) in [5.41, 5.74) is 11.0. The Labute approximate surface area is 425 Å². The number of hydrogen-bond acceptors (Lipinski definition) is 2. The molecule has 0 amide bonds. The number of anilines is 4. The average molecular weight is 979 g/mol. The van der Waals surface area contributed by atoms with Crippen LogP contribution in [0.2, 0.25) is 0 Å². The van der Waals surface area contributed by atoms with Gasteiger partial charge in [-0.25, -0.2) is 0 Å². The second-order valence-electron chi connectivity index (χ2n) is 18.6. The van der Waals surface area contributed by atoms with Gasteiger partial charge in [-0.3, -0.25) is 0 Å². The van der Waals surface area contributed by atoms with Gasteiger partial charge in [-0.2, -0.15) is 26.3 Å². The van der Waals surface area contributed by atoms with E-state index in [1.165, 1.54) is 24.3 Å². The third-order valence-corrected chi connectivity index (χ3v) is 14.3. The molecule has 0 saturated carbocycles. The van der Waals surface area contributed by atoms with Crippen LogP contribution in [-0.4, -0.2) is 6.04 Å². The number of allylic oxidation sites excluding steroid dienone is 10. The Morgan fingerprint density at radius 3 is 1.43 bits per heavy atom. The molecule has 0 radical (unpaired) electrons. The highest BCUT2D eigenvalue weighted by Crippen LogP contribution is 2.55. The molecule has 8 aromatic rings. The molecule has 0 aromatic heterocycles. The van der Waals surface area contributed by atoms with Gasteiger partial charge in [0.25, 0.3) is 0 Å². The van der Waals surface area contributed by atoms with E-state index in [2.05, 4.69) is 0 Å². The van der Waals surface area contributed by atoms with Crippen LogP contribution in [0.15, 0.2) is 288 Å². The van der Waals surface area contributed by atoms with Crippen molar-refractivity contribution in [2.45, 2.75) is 18.4 Å². The normalized spacial score (nSPS) is 16.7. The number of benzene rings is 8. The Balaban J connectivity index is 1.06. The summed E-state index contributed by atoms with van der Waals surface area (Å²) in [6, 6.07) is 61.5. The number of nitrogens with zero attached hydrogens (tertiary/aromatic N) is 2. The van der Waals surface area contributed by atoms with Crippen molar-refractivity contribution in [3.8, 4) is 44.5 Å². The van der Waals surface area contributed by atoms with Crippen LogP contribution in [0, 0.1) is 5.92 Å². The summed E-state index contributed by atoms with van der Waals surface area (Å²) >= 11 is 0. The lowest BCUT2D eigenvalue weighted by Crippen LogP contribution is -2.38. The van der Waals surface area contributed by atoms with Crippen LogP contribution in [0.5, 0.6) is 0 Å². The first-order valence-electron chi connectivity index (χ1n) is 24.4. The molecular formula is C66H44F6N2. The highest BCUT2D eigenvalue weighted by molar-refractivity contribution is 5.92. The summed E-state index contributed by atoms with van der Waals surface area (Å²) in [6.45, 7) is 0. The Morgan fingerprint density at radius 1 is 0.378 bits per heavy atom. The van der Waals surface area contributed by atoms with E-state index in [-0.39, 0.29) is 11.4 Å². The first-order valence-corrected chi connectivity index (χ1v) is 24.4. The Morgan fingerprint density at radius 2 is 0.865 bits per heavy atom. The first-order chi connectivity index (χ1) is 36.0. The molecule has 0 aliphatic heterocycles. The van der Waals surface area contributed by atoms with Gasteiger partial charge in [0.05, 0.1) is 39.9 Å². The van der Waals surface area contributed by atoms with E-state index < -0.39 is 35.4 Å². The Bertz CT molecular complexity index is 3690. The fourth-order valence-electron chi connectivity index (χ4n) is 11.0. The van der Waals surface area contributed by atoms with Crippen LogP contribution in [0.25, 0.3) is 44.5 Å². The van der Waals surface area contributed by atoms with Crippen LogP contribution < -0.4 is 9.80 Å². The molecule has 360 valence electrons. The highest BCUT2D eigenvalue weighted by atomic mass is 19.4. The van der Waals surface area contributed by atoms with E-state index >= 15 is 26.3 Å². The highest BCUT2D eigenvalue weighted by Gasteiger charge is 2.44. The molecule has 0 heterocycles. The van der Waals surface area contributed by atoms with E-state index in [4.69, 9.17) is 0 Å². The van der Waals surface area contributed by atoms with Crippen molar-refractivity contribution in [1.82, 2.24) is 0 Å². The fraction of sp³-hybridized carbons (Fsp3) is 0.0606. The summed E-state index contributed by atoms with van der Waals surface area (Å²) in [5, 5.41) is 0. The molecule has 0 spiro atoms. The van der Waals surface area contributed by atoms with Crippen molar-refractivity contribution in [1.29, 1.82) is 0 Å². The van der Waals surface area contributed by atoms with Crippen LogP contribution in [0.1, 0.15) is 11.1 Å². The van der Waals surface area contributed by atoms with Crippen molar-refractivity contribution in [3.63, 3.8) is 0 Å². The van der Waals surface area contributed by atoms with Crippen molar-refractivity contribution in [2.24, 2.45) is 5.92 Å². The molecular weight excluding hydrogens is 935 g/mol. The number of rotatable bonds is 10. The Kier molecular flexibility index (Phi) is 11.6. The number of para-hydroxylation sites is 2. The number of hydrogen-bond donors (Lipinski definition) is 0. The zero-order valence-electron chi connectivity index (χ0n) is 39.6. The van der Waals surface area contributed by atoms with Crippen molar-refractivity contribution in [3.05, 3.63) is 300 Å². The summed E-state index contributed by atoms with van der Waals surface area (Å²) in [7, 11) is 0. The van der Waals surface area contributed by atoms with Crippen molar-refractivity contribution >= 4 is 22.7 Å². The molecule has 8 aromatic carbocycles. The van der Waals surface area contributed by atoms with E-state index in [1.807, 2.05) is 206 Å². The fourth-order valence-corrected chi connectivity index (χ4v) is 11.0. The van der Waals surface area contributed by atoms with E-state index in [0.29, 0.717) is 17.1 Å². The maximum absolute atomic E-state index is 15.4. The maximum atomic E-state index is 15.4. The molecule has 0 saturated heterocycles. The molecule has 74 heavy (non-hydrogen) atoms. The predicted molar refractivity (Wildman–Crippen MR) is 287 cm³/mol. The Hall–Kier alpha value is -8.88. The molecule has 2 atom stereocenters. The monoisotopic (exact) mass is 978 g/mol. The second-order valence-corrected chi connectivity index (χ2v) is 18.6. The van der Waals surface area contributed by atoms with Gasteiger partial charge in [-0.15, -0.1) is 0 Å². The number of halogens is 6. The zero-order valence-corrected chi connectivity index (χ0v) is 39.6. The van der Waals surface area contributed by atoms with Gasteiger partial charge in [0.15, 0.2) is 0 Å². The third-order valence-electron chi connectivity index (χ3n) is 14.3. The molecule has 0 fully saturated rings. The number of alkyl halides is 6. The standard InChI is InChI=1S/C66H44F6N2/c67-65(68,69)55-25-13-15-27-61(55)73(59-39-33-49(43-17-5-1-6-18-43)41-53(59)45-21-9-3-10-22-45)57-37-31-47-30-36-52-58(38-32-48-29-35-51(57)63(47)64(48)52)74(62-28-16-14-26-56(62)66(70,71)72)60-40-34-50(44-19-7-2-8-20-44)42-54(60)46-23-11-4-12-24-46/h1-42,57,64H. The largest absolute Gasteiger partial charge is 0.418 e. The quantitative estimate of drug-likeness (QED) is 0.126. The summed E-state index contributed by atoms with van der Waals surface area (Å²) in [6.07, 6.45) is 6.33. The first kappa shape index (κ1) is 46.2. The molecule has 4 aliphatic rings. The molecule has 12 rings (SSSR count). The second kappa shape index (κ2) is 18.6. The summed E-state index contributed by atoms with van der Waals surface area (Å²) in [4.78, 5) is 3.54. The van der Waals surface area contributed by atoms with E-state index in [9.17, 15) is 0 Å².